The molecule has 1 aliphatic carbocycles. The van der Waals surface area contributed by atoms with Crippen LogP contribution in [0.3, 0.4) is 0 Å². The van der Waals surface area contributed by atoms with Gasteiger partial charge in [-0.25, -0.2) is 4.98 Å². The number of nitrogens with zero attached hydrogens (tertiary/aromatic N) is 2. The van der Waals surface area contributed by atoms with E-state index in [4.69, 9.17) is 9.47 Å². The number of unbranched alkanes of at least 4 members (excludes halogenated alkanes) is 1. The van der Waals surface area contributed by atoms with Crippen LogP contribution in [0.4, 0.5) is 5.69 Å². The number of nitrogens with one attached hydrogen (secondary N) is 1. The van der Waals surface area contributed by atoms with Crippen molar-refractivity contribution in [2.45, 2.75) is 49.8 Å². The van der Waals surface area contributed by atoms with Crippen LogP contribution in [0, 0.1) is 5.92 Å². The topological polar surface area (TPSA) is 82.4 Å². The zero-order chi connectivity index (χ0) is 29.9. The summed E-state index contributed by atoms with van der Waals surface area (Å²) in [6.45, 7) is 4.99. The summed E-state index contributed by atoms with van der Waals surface area (Å²) in [6.07, 6.45) is 11.7. The maximum absolute atomic E-state index is 12.9. The van der Waals surface area contributed by atoms with Gasteiger partial charge in [-0.15, -0.1) is 0 Å². The zero-order valence-corrected chi connectivity index (χ0v) is 25.4. The van der Waals surface area contributed by atoms with E-state index in [-0.39, 0.29) is 5.91 Å². The van der Waals surface area contributed by atoms with Crippen LogP contribution >= 0.6 is 0 Å². The molecule has 1 unspecified atom stereocenters. The van der Waals surface area contributed by atoms with Gasteiger partial charge in [0, 0.05) is 36.0 Å². The lowest BCUT2D eigenvalue weighted by Crippen LogP contribution is -2.08. The van der Waals surface area contributed by atoms with E-state index >= 15 is 0 Å². The number of hydrogen-bond acceptors (Lipinski definition) is 5. The van der Waals surface area contributed by atoms with Gasteiger partial charge >= 0.3 is 0 Å². The van der Waals surface area contributed by atoms with Gasteiger partial charge in [0.15, 0.2) is 0 Å². The predicted molar refractivity (Wildman–Crippen MR) is 172 cm³/mol. The summed E-state index contributed by atoms with van der Waals surface area (Å²) in [5, 5.41) is 2.88. The second kappa shape index (κ2) is 15.5. The van der Waals surface area contributed by atoms with Crippen LogP contribution < -0.4 is 10.1 Å². The van der Waals surface area contributed by atoms with Gasteiger partial charge in [-0.05, 0) is 90.4 Å². The predicted octanol–water partition coefficient (Wildman–Crippen LogP) is 7.12. The highest BCUT2D eigenvalue weighted by Crippen LogP contribution is 2.31. The molecule has 1 atom stereocenters. The van der Waals surface area contributed by atoms with Crippen molar-refractivity contribution in [3.63, 3.8) is 0 Å². The lowest BCUT2D eigenvalue weighted by Gasteiger charge is -2.09. The fraction of sp³-hybridized carbons (Fsp3) is 0.314. The van der Waals surface area contributed by atoms with Crippen molar-refractivity contribution in [2.75, 3.05) is 25.1 Å². The van der Waals surface area contributed by atoms with Crippen LogP contribution in [-0.2, 0) is 32.6 Å². The first-order valence-electron chi connectivity index (χ1n) is 14.9. The Morgan fingerprint density at radius 1 is 1.02 bits per heavy atom. The van der Waals surface area contributed by atoms with Gasteiger partial charge in [0.1, 0.15) is 12.4 Å². The molecule has 1 aromatic heterocycles. The van der Waals surface area contributed by atoms with Crippen molar-refractivity contribution in [1.29, 1.82) is 0 Å². The molecule has 1 heterocycles. The standard InChI is InChI=1S/C35H39N3O4S/c1-2-3-19-41-20-21-42-33-14-10-29(11-15-33)30-6-4-5-27(22-30)9-18-35(39)37-31-12-16-34(17-13-31)43(40)25-32-23-36-26-38(32)24-28-7-8-28/h4-6,9-18,22-23,26,28H,2-3,7-8,19-21,24-25H2,1H3,(H,37,39)/b18-9+. The normalized spacial score (nSPS) is 13.7. The Labute approximate surface area is 256 Å². The van der Waals surface area contributed by atoms with Crippen LogP contribution in [0.2, 0.25) is 0 Å². The van der Waals surface area contributed by atoms with Crippen molar-refractivity contribution in [3.05, 3.63) is 103 Å². The van der Waals surface area contributed by atoms with Gasteiger partial charge in [-0.2, -0.15) is 0 Å². The van der Waals surface area contributed by atoms with E-state index in [0.29, 0.717) is 24.7 Å². The Morgan fingerprint density at radius 3 is 2.60 bits per heavy atom. The minimum atomic E-state index is -1.19. The summed E-state index contributed by atoms with van der Waals surface area (Å²) in [5.41, 5.74) is 4.68. The molecule has 0 radical (unpaired) electrons. The molecule has 0 aliphatic heterocycles. The molecular formula is C35H39N3O4S. The minimum Gasteiger partial charge on any atom is -0.491 e. The van der Waals surface area contributed by atoms with Crippen LogP contribution in [-0.4, -0.2) is 39.5 Å². The van der Waals surface area contributed by atoms with E-state index in [1.54, 1.807) is 36.5 Å². The lowest BCUT2D eigenvalue weighted by atomic mass is 10.0. The second-order valence-corrected chi connectivity index (χ2v) is 12.2. The quantitative estimate of drug-likeness (QED) is 0.110. The summed E-state index contributed by atoms with van der Waals surface area (Å²) >= 11 is 0. The van der Waals surface area contributed by atoms with E-state index in [9.17, 15) is 9.00 Å². The molecule has 1 saturated carbocycles. The summed E-state index contributed by atoms with van der Waals surface area (Å²) in [4.78, 5) is 17.6. The average molecular weight is 598 g/mol. The van der Waals surface area contributed by atoms with Crippen molar-refractivity contribution in [1.82, 2.24) is 9.55 Å². The number of benzene rings is 3. The number of carbonyl (C=O) groups excluding carboxylic acids is 1. The van der Waals surface area contributed by atoms with Crippen LogP contribution in [0.15, 0.2) is 96.3 Å². The molecule has 5 rings (SSSR count). The van der Waals surface area contributed by atoms with Gasteiger partial charge in [0.25, 0.3) is 0 Å². The number of aromatic nitrogens is 2. The molecule has 224 valence electrons. The number of ether oxygens (including phenoxy) is 2. The maximum atomic E-state index is 12.9. The average Bonchev–Trinajstić information content (AvgIpc) is 3.75. The molecule has 1 aliphatic rings. The van der Waals surface area contributed by atoms with E-state index in [1.807, 2.05) is 54.9 Å². The van der Waals surface area contributed by atoms with E-state index in [0.717, 1.165) is 64.9 Å². The smallest absolute Gasteiger partial charge is 0.248 e. The molecule has 1 fully saturated rings. The molecule has 0 bridgehead atoms. The SMILES string of the molecule is CCCCOCCOc1ccc(-c2cccc(/C=C/C(=O)Nc3ccc(S(=O)Cc4cncn4CC4CC4)cc3)c2)cc1. The zero-order valence-electron chi connectivity index (χ0n) is 24.6. The Hall–Kier alpha value is -4.01. The number of rotatable bonds is 16. The van der Waals surface area contributed by atoms with E-state index in [2.05, 4.69) is 21.8 Å². The van der Waals surface area contributed by atoms with Gasteiger partial charge in [0.2, 0.25) is 5.91 Å². The fourth-order valence-corrected chi connectivity index (χ4v) is 5.72. The monoisotopic (exact) mass is 597 g/mol. The van der Waals surface area contributed by atoms with Crippen molar-refractivity contribution in [3.8, 4) is 16.9 Å². The summed E-state index contributed by atoms with van der Waals surface area (Å²) in [6, 6.07) is 23.2. The molecule has 43 heavy (non-hydrogen) atoms. The lowest BCUT2D eigenvalue weighted by molar-refractivity contribution is -0.111. The van der Waals surface area contributed by atoms with Crippen LogP contribution in [0.25, 0.3) is 17.2 Å². The van der Waals surface area contributed by atoms with E-state index < -0.39 is 10.8 Å². The summed E-state index contributed by atoms with van der Waals surface area (Å²) in [5.74, 6) is 1.73. The number of hydrogen-bond donors (Lipinski definition) is 1. The van der Waals surface area contributed by atoms with Crippen molar-refractivity contribution in [2.24, 2.45) is 5.92 Å². The molecule has 0 spiro atoms. The van der Waals surface area contributed by atoms with Crippen LogP contribution in [0.5, 0.6) is 5.75 Å². The van der Waals surface area contributed by atoms with Gasteiger partial charge in [-0.3, -0.25) is 9.00 Å². The highest BCUT2D eigenvalue weighted by molar-refractivity contribution is 7.84. The largest absolute Gasteiger partial charge is 0.491 e. The third-order valence-corrected chi connectivity index (χ3v) is 8.61. The number of anilines is 1. The Balaban J connectivity index is 1.10. The first-order valence-corrected chi connectivity index (χ1v) is 16.3. The highest BCUT2D eigenvalue weighted by Gasteiger charge is 2.23. The number of imidazole rings is 1. The van der Waals surface area contributed by atoms with Gasteiger partial charge in [0.05, 0.1) is 35.2 Å². The molecule has 1 amide bonds. The fourth-order valence-electron chi connectivity index (χ4n) is 4.61. The number of carbonyl (C=O) groups is 1. The van der Waals surface area contributed by atoms with Crippen molar-refractivity contribution >= 4 is 28.5 Å². The Morgan fingerprint density at radius 2 is 1.84 bits per heavy atom. The van der Waals surface area contributed by atoms with Crippen LogP contribution in [0.1, 0.15) is 43.9 Å². The molecule has 4 aromatic rings. The third-order valence-electron chi connectivity index (χ3n) is 7.25. The molecule has 3 aromatic carbocycles. The third kappa shape index (κ3) is 9.49. The molecule has 7 nitrogen and oxygen atoms in total. The van der Waals surface area contributed by atoms with E-state index in [1.165, 1.54) is 18.9 Å². The minimum absolute atomic E-state index is 0.233. The molecule has 0 saturated heterocycles. The highest BCUT2D eigenvalue weighted by atomic mass is 32.2. The van der Waals surface area contributed by atoms with Gasteiger partial charge < -0.3 is 19.4 Å². The summed E-state index contributed by atoms with van der Waals surface area (Å²) < 4.78 is 26.4. The second-order valence-electron chi connectivity index (χ2n) is 10.8. The van der Waals surface area contributed by atoms with Gasteiger partial charge in [-0.1, -0.05) is 43.7 Å². The Kier molecular flexibility index (Phi) is 10.9. The maximum Gasteiger partial charge on any atom is 0.248 e. The first-order chi connectivity index (χ1) is 21.1. The Bertz CT molecular complexity index is 1530. The first kappa shape index (κ1) is 30.4. The molecular weight excluding hydrogens is 558 g/mol. The van der Waals surface area contributed by atoms with Crippen molar-refractivity contribution < 1.29 is 18.5 Å². The molecule has 8 heteroatoms. The number of amides is 1. The molecule has 1 N–H and O–H groups in total. The summed E-state index contributed by atoms with van der Waals surface area (Å²) in [7, 11) is -1.19.